The molecule has 4 heteroatoms. The van der Waals surface area contributed by atoms with Crippen molar-refractivity contribution < 1.29 is 4.79 Å². The molecule has 1 aromatic heterocycles. The van der Waals surface area contributed by atoms with Crippen molar-refractivity contribution in [2.45, 2.75) is 46.6 Å². The molecule has 0 aliphatic rings. The van der Waals surface area contributed by atoms with Gasteiger partial charge in [0.05, 0.1) is 0 Å². The fourth-order valence-corrected chi connectivity index (χ4v) is 3.08. The van der Waals surface area contributed by atoms with Gasteiger partial charge in [-0.15, -0.1) is 0 Å². The highest BCUT2D eigenvalue weighted by molar-refractivity contribution is 6.01. The van der Waals surface area contributed by atoms with Crippen LogP contribution in [0.3, 0.4) is 0 Å². The van der Waals surface area contributed by atoms with Gasteiger partial charge in [-0.3, -0.25) is 4.79 Å². The van der Waals surface area contributed by atoms with Crippen molar-refractivity contribution in [3.63, 3.8) is 0 Å². The average molecular weight is 349 g/mol. The van der Waals surface area contributed by atoms with Gasteiger partial charge < -0.3 is 9.88 Å². The van der Waals surface area contributed by atoms with Gasteiger partial charge in [-0.25, -0.2) is 0 Å². The summed E-state index contributed by atoms with van der Waals surface area (Å²) in [7, 11) is 0. The van der Waals surface area contributed by atoms with E-state index in [1.54, 1.807) is 6.08 Å². The van der Waals surface area contributed by atoms with E-state index >= 15 is 0 Å². The number of amides is 1. The number of rotatable bonds is 8. The van der Waals surface area contributed by atoms with Crippen molar-refractivity contribution in [2.24, 2.45) is 0 Å². The zero-order chi connectivity index (χ0) is 18.9. The average Bonchev–Trinajstić information content (AvgIpc) is 2.91. The van der Waals surface area contributed by atoms with Crippen LogP contribution in [0, 0.1) is 25.2 Å². The number of carbonyl (C=O) groups is 1. The van der Waals surface area contributed by atoms with E-state index in [0.29, 0.717) is 6.54 Å². The Labute approximate surface area is 156 Å². The molecule has 2 rings (SSSR count). The molecule has 0 radical (unpaired) electrons. The van der Waals surface area contributed by atoms with Crippen LogP contribution in [0.5, 0.6) is 0 Å². The van der Waals surface area contributed by atoms with Crippen molar-refractivity contribution in [1.29, 1.82) is 5.26 Å². The van der Waals surface area contributed by atoms with E-state index < -0.39 is 0 Å². The first-order valence-corrected chi connectivity index (χ1v) is 9.17. The normalized spacial score (nSPS) is 11.2. The van der Waals surface area contributed by atoms with Crippen LogP contribution in [-0.2, 0) is 17.8 Å². The Balaban J connectivity index is 1.97. The van der Waals surface area contributed by atoms with Crippen LogP contribution >= 0.6 is 0 Å². The van der Waals surface area contributed by atoms with Gasteiger partial charge in [0.25, 0.3) is 5.91 Å². The minimum absolute atomic E-state index is 0.154. The number of aromatic nitrogens is 1. The molecule has 0 aliphatic carbocycles. The van der Waals surface area contributed by atoms with E-state index in [1.807, 2.05) is 37.3 Å². The zero-order valence-corrected chi connectivity index (χ0v) is 15.9. The Morgan fingerprint density at radius 3 is 2.65 bits per heavy atom. The summed E-state index contributed by atoms with van der Waals surface area (Å²) in [5.41, 5.74) is 4.58. The Hall–Kier alpha value is -2.80. The minimum Gasteiger partial charge on any atom is -0.351 e. The summed E-state index contributed by atoms with van der Waals surface area (Å²) in [5, 5.41) is 12.2. The summed E-state index contributed by atoms with van der Waals surface area (Å²) < 4.78 is 2.22. The van der Waals surface area contributed by atoms with E-state index in [1.165, 1.54) is 5.56 Å². The van der Waals surface area contributed by atoms with Crippen molar-refractivity contribution in [3.8, 4) is 6.07 Å². The number of hydrogen-bond donors (Lipinski definition) is 1. The molecule has 0 aliphatic heterocycles. The number of hydrogen-bond acceptors (Lipinski definition) is 2. The lowest BCUT2D eigenvalue weighted by Crippen LogP contribution is -2.25. The highest BCUT2D eigenvalue weighted by atomic mass is 16.1. The number of aryl methyl sites for hydroxylation is 2. The van der Waals surface area contributed by atoms with Gasteiger partial charge in [0, 0.05) is 24.5 Å². The molecule has 0 fully saturated rings. The summed E-state index contributed by atoms with van der Waals surface area (Å²) in [4.78, 5) is 12.3. The number of nitriles is 1. The van der Waals surface area contributed by atoms with Crippen molar-refractivity contribution in [1.82, 2.24) is 9.88 Å². The number of carbonyl (C=O) groups excluding carboxylic acids is 1. The standard InChI is InChI=1S/C22H27N3O/c1-4-13-25-17(2)14-20(18(25)3)15-21(16-23)22(26)24-12-8-11-19-9-6-5-7-10-19/h5-7,9-10,14-15H,4,8,11-13H2,1-3H3,(H,24,26)/b21-15+. The third-order valence-corrected chi connectivity index (χ3v) is 4.50. The van der Waals surface area contributed by atoms with E-state index in [-0.39, 0.29) is 11.5 Å². The quantitative estimate of drug-likeness (QED) is 0.442. The van der Waals surface area contributed by atoms with Crippen LogP contribution in [0.25, 0.3) is 6.08 Å². The third-order valence-electron chi connectivity index (χ3n) is 4.50. The lowest BCUT2D eigenvalue weighted by Gasteiger charge is -2.07. The topological polar surface area (TPSA) is 57.8 Å². The highest BCUT2D eigenvalue weighted by Crippen LogP contribution is 2.18. The lowest BCUT2D eigenvalue weighted by atomic mass is 10.1. The fraction of sp³-hybridized carbons (Fsp3) is 0.364. The molecule has 0 atom stereocenters. The molecule has 0 saturated heterocycles. The Kier molecular flexibility index (Phi) is 7.23. The smallest absolute Gasteiger partial charge is 0.261 e. The molecule has 4 nitrogen and oxygen atoms in total. The van der Waals surface area contributed by atoms with Gasteiger partial charge in [0.15, 0.2) is 0 Å². The molecule has 2 aromatic rings. The molecular weight excluding hydrogens is 322 g/mol. The van der Waals surface area contributed by atoms with Crippen molar-refractivity contribution >= 4 is 12.0 Å². The number of benzene rings is 1. The van der Waals surface area contributed by atoms with Gasteiger partial charge in [0.2, 0.25) is 0 Å². The summed E-state index contributed by atoms with van der Waals surface area (Å²) >= 11 is 0. The van der Waals surface area contributed by atoms with Gasteiger partial charge in [-0.1, -0.05) is 37.3 Å². The molecular formula is C22H27N3O. The van der Waals surface area contributed by atoms with Crippen LogP contribution in [0.15, 0.2) is 42.0 Å². The van der Waals surface area contributed by atoms with Crippen LogP contribution in [0.2, 0.25) is 0 Å². The van der Waals surface area contributed by atoms with E-state index in [4.69, 9.17) is 0 Å². The third kappa shape index (κ3) is 5.10. The molecule has 26 heavy (non-hydrogen) atoms. The van der Waals surface area contributed by atoms with E-state index in [9.17, 15) is 10.1 Å². The molecule has 136 valence electrons. The SMILES string of the molecule is CCCn1c(C)cc(/C=C(\C#N)C(=O)NCCCc2ccccc2)c1C. The first kappa shape index (κ1) is 19.5. The van der Waals surface area contributed by atoms with Crippen molar-refractivity contribution in [3.05, 3.63) is 64.5 Å². The fourth-order valence-electron chi connectivity index (χ4n) is 3.08. The van der Waals surface area contributed by atoms with Gasteiger partial charge >= 0.3 is 0 Å². The maximum absolute atomic E-state index is 12.3. The second kappa shape index (κ2) is 9.62. The zero-order valence-electron chi connectivity index (χ0n) is 15.9. The Bertz CT molecular complexity index is 810. The summed E-state index contributed by atoms with van der Waals surface area (Å²) in [6.07, 6.45) is 4.50. The van der Waals surface area contributed by atoms with Crippen LogP contribution in [-0.4, -0.2) is 17.0 Å². The van der Waals surface area contributed by atoms with Gasteiger partial charge in [0.1, 0.15) is 11.6 Å². The van der Waals surface area contributed by atoms with Gasteiger partial charge in [-0.2, -0.15) is 5.26 Å². The van der Waals surface area contributed by atoms with Crippen molar-refractivity contribution in [2.75, 3.05) is 6.54 Å². The molecule has 0 saturated carbocycles. The predicted octanol–water partition coefficient (Wildman–Crippen LogP) is 4.17. The maximum atomic E-state index is 12.3. The highest BCUT2D eigenvalue weighted by Gasteiger charge is 2.12. The number of nitrogens with one attached hydrogen (secondary N) is 1. The molecule has 0 spiro atoms. The van der Waals surface area contributed by atoms with E-state index in [2.05, 4.69) is 35.9 Å². The minimum atomic E-state index is -0.305. The summed E-state index contributed by atoms with van der Waals surface area (Å²) in [6.45, 7) is 7.72. The molecule has 1 heterocycles. The Morgan fingerprint density at radius 1 is 1.27 bits per heavy atom. The second-order valence-corrected chi connectivity index (χ2v) is 6.49. The molecule has 0 bridgehead atoms. The van der Waals surface area contributed by atoms with Crippen LogP contribution < -0.4 is 5.32 Å². The summed E-state index contributed by atoms with van der Waals surface area (Å²) in [6, 6.07) is 14.2. The predicted molar refractivity (Wildman–Crippen MR) is 106 cm³/mol. The first-order chi connectivity index (χ1) is 12.6. The molecule has 1 aromatic carbocycles. The van der Waals surface area contributed by atoms with E-state index in [0.717, 1.165) is 42.8 Å². The lowest BCUT2D eigenvalue weighted by molar-refractivity contribution is -0.117. The molecule has 0 unspecified atom stereocenters. The number of nitrogens with zero attached hydrogens (tertiary/aromatic N) is 2. The Morgan fingerprint density at radius 2 is 2.00 bits per heavy atom. The summed E-state index contributed by atoms with van der Waals surface area (Å²) in [5.74, 6) is -0.305. The second-order valence-electron chi connectivity index (χ2n) is 6.49. The maximum Gasteiger partial charge on any atom is 0.261 e. The van der Waals surface area contributed by atoms with Crippen LogP contribution in [0.4, 0.5) is 0 Å². The largest absolute Gasteiger partial charge is 0.351 e. The van der Waals surface area contributed by atoms with Gasteiger partial charge in [-0.05, 0) is 56.4 Å². The molecule has 1 N–H and O–H groups in total. The first-order valence-electron chi connectivity index (χ1n) is 9.17. The molecule has 1 amide bonds. The van der Waals surface area contributed by atoms with Crippen LogP contribution in [0.1, 0.15) is 42.3 Å². The monoisotopic (exact) mass is 349 g/mol.